The molecule has 7 heteroatoms. The van der Waals surface area contributed by atoms with E-state index >= 15 is 0 Å². The average Bonchev–Trinajstić information content (AvgIpc) is 2.68. The van der Waals surface area contributed by atoms with Crippen molar-refractivity contribution in [2.24, 2.45) is 0 Å². The van der Waals surface area contributed by atoms with Crippen LogP contribution in [-0.2, 0) is 0 Å². The van der Waals surface area contributed by atoms with Crippen LogP contribution in [0.25, 0.3) is 0 Å². The van der Waals surface area contributed by atoms with Crippen molar-refractivity contribution in [3.05, 3.63) is 41.7 Å². The van der Waals surface area contributed by atoms with Crippen molar-refractivity contribution in [3.63, 3.8) is 0 Å². The molecular formula is C19H24N4O3. The second kappa shape index (κ2) is 8.03. The lowest BCUT2D eigenvalue weighted by Gasteiger charge is -2.33. The minimum absolute atomic E-state index is 0.0701. The first-order valence-electron chi connectivity index (χ1n) is 8.68. The van der Waals surface area contributed by atoms with Crippen LogP contribution < -0.4 is 14.8 Å². The maximum absolute atomic E-state index is 12.8. The summed E-state index contributed by atoms with van der Waals surface area (Å²) in [6, 6.07) is 5.80. The molecule has 2 aromatic rings. The largest absolute Gasteiger partial charge is 0.497 e. The van der Waals surface area contributed by atoms with Gasteiger partial charge in [-0.25, -0.2) is 9.97 Å². The van der Waals surface area contributed by atoms with Crippen molar-refractivity contribution < 1.29 is 14.3 Å². The van der Waals surface area contributed by atoms with E-state index in [2.05, 4.69) is 15.3 Å². The number of ether oxygens (including phenoxy) is 2. The Morgan fingerprint density at radius 3 is 2.54 bits per heavy atom. The van der Waals surface area contributed by atoms with Gasteiger partial charge in [-0.05, 0) is 43.5 Å². The molecule has 0 atom stereocenters. The number of amides is 1. The molecule has 0 radical (unpaired) electrons. The summed E-state index contributed by atoms with van der Waals surface area (Å²) in [6.45, 7) is 3.33. The number of carbonyl (C=O) groups excluding carboxylic acids is 1. The summed E-state index contributed by atoms with van der Waals surface area (Å²) >= 11 is 0. The van der Waals surface area contributed by atoms with Crippen molar-refractivity contribution >= 4 is 11.7 Å². The Labute approximate surface area is 153 Å². The van der Waals surface area contributed by atoms with Crippen molar-refractivity contribution in [1.29, 1.82) is 0 Å². The van der Waals surface area contributed by atoms with Gasteiger partial charge in [0.1, 0.15) is 5.75 Å². The van der Waals surface area contributed by atoms with Gasteiger partial charge in [0.15, 0.2) is 5.82 Å². The Balaban J connectivity index is 1.60. The van der Waals surface area contributed by atoms with Crippen LogP contribution in [0.2, 0.25) is 0 Å². The van der Waals surface area contributed by atoms with Gasteiger partial charge in [-0.15, -0.1) is 0 Å². The molecule has 0 spiro atoms. The van der Waals surface area contributed by atoms with Crippen LogP contribution in [0.4, 0.5) is 5.82 Å². The summed E-state index contributed by atoms with van der Waals surface area (Å²) < 4.78 is 10.4. The third-order valence-corrected chi connectivity index (χ3v) is 4.65. The molecule has 1 saturated heterocycles. The number of piperidine rings is 1. The number of anilines is 1. The summed E-state index contributed by atoms with van der Waals surface area (Å²) in [7, 11) is 3.20. The maximum Gasteiger partial charge on any atom is 0.257 e. The van der Waals surface area contributed by atoms with Crippen molar-refractivity contribution in [1.82, 2.24) is 14.9 Å². The molecule has 0 saturated carbocycles. The van der Waals surface area contributed by atoms with Gasteiger partial charge < -0.3 is 19.7 Å². The fourth-order valence-electron chi connectivity index (χ4n) is 3.17. The highest BCUT2D eigenvalue weighted by molar-refractivity contribution is 5.95. The molecule has 0 aliphatic carbocycles. The number of hydrogen-bond donors (Lipinski definition) is 1. The lowest BCUT2D eigenvalue weighted by atomic mass is 10.0. The first-order chi connectivity index (χ1) is 12.6. The maximum atomic E-state index is 12.8. The van der Waals surface area contributed by atoms with Gasteiger partial charge in [-0.2, -0.15) is 0 Å². The van der Waals surface area contributed by atoms with Crippen LogP contribution in [0.1, 0.15) is 28.8 Å². The monoisotopic (exact) mass is 356 g/mol. The van der Waals surface area contributed by atoms with Gasteiger partial charge in [0.25, 0.3) is 11.8 Å². The standard InChI is InChI=1S/C19H24N4O3/c1-13-12-15(25-2)4-5-16(13)19(24)23-10-6-14(7-11-23)22-17-18(26-3)21-9-8-20-17/h4-5,8-9,12,14H,6-7,10-11H2,1-3H3,(H,20,22). The molecule has 1 fully saturated rings. The highest BCUT2D eigenvalue weighted by Gasteiger charge is 2.25. The summed E-state index contributed by atoms with van der Waals surface area (Å²) in [5.74, 6) is 1.96. The van der Waals surface area contributed by atoms with Crippen LogP contribution in [-0.4, -0.2) is 54.1 Å². The van der Waals surface area contributed by atoms with E-state index in [0.29, 0.717) is 24.8 Å². The zero-order valence-electron chi connectivity index (χ0n) is 15.4. The van der Waals surface area contributed by atoms with Gasteiger partial charge in [-0.3, -0.25) is 4.79 Å². The Kier molecular flexibility index (Phi) is 5.55. The normalized spacial score (nSPS) is 14.8. The Hall–Kier alpha value is -2.83. The van der Waals surface area contributed by atoms with Gasteiger partial charge in [0.05, 0.1) is 14.2 Å². The highest BCUT2D eigenvalue weighted by atomic mass is 16.5. The minimum atomic E-state index is 0.0701. The number of nitrogens with zero attached hydrogens (tertiary/aromatic N) is 3. The van der Waals surface area contributed by atoms with Crippen molar-refractivity contribution in [2.45, 2.75) is 25.8 Å². The zero-order chi connectivity index (χ0) is 18.5. The number of rotatable bonds is 5. The topological polar surface area (TPSA) is 76.6 Å². The van der Waals surface area contributed by atoms with Gasteiger partial charge in [-0.1, -0.05) is 0 Å². The molecule has 1 amide bonds. The first-order valence-corrected chi connectivity index (χ1v) is 8.68. The average molecular weight is 356 g/mol. The molecule has 1 aliphatic heterocycles. The zero-order valence-corrected chi connectivity index (χ0v) is 15.4. The summed E-state index contributed by atoms with van der Waals surface area (Å²) in [6.07, 6.45) is 4.93. The van der Waals surface area contributed by atoms with E-state index in [-0.39, 0.29) is 11.9 Å². The van der Waals surface area contributed by atoms with E-state index in [9.17, 15) is 4.79 Å². The molecule has 26 heavy (non-hydrogen) atoms. The molecule has 7 nitrogen and oxygen atoms in total. The SMILES string of the molecule is COc1ccc(C(=O)N2CCC(Nc3nccnc3OC)CC2)c(C)c1. The van der Waals surface area contributed by atoms with Gasteiger partial charge >= 0.3 is 0 Å². The number of carbonyl (C=O) groups is 1. The molecule has 0 bridgehead atoms. The number of hydrogen-bond acceptors (Lipinski definition) is 6. The number of aromatic nitrogens is 2. The van der Waals surface area contributed by atoms with Crippen molar-refractivity contribution in [3.8, 4) is 11.6 Å². The molecule has 3 rings (SSSR count). The van der Waals surface area contributed by atoms with Crippen LogP contribution in [0.15, 0.2) is 30.6 Å². The number of methoxy groups -OCH3 is 2. The van der Waals surface area contributed by atoms with E-state index in [0.717, 1.165) is 29.7 Å². The second-order valence-electron chi connectivity index (χ2n) is 6.31. The summed E-state index contributed by atoms with van der Waals surface area (Å²) in [5.41, 5.74) is 1.66. The molecule has 1 aromatic carbocycles. The van der Waals surface area contributed by atoms with E-state index in [4.69, 9.17) is 9.47 Å². The van der Waals surface area contributed by atoms with E-state index in [1.54, 1.807) is 26.6 Å². The molecule has 2 heterocycles. The van der Waals surface area contributed by atoms with E-state index in [1.807, 2.05) is 30.0 Å². The first kappa shape index (κ1) is 18.0. The van der Waals surface area contributed by atoms with Crippen LogP contribution in [0, 0.1) is 6.92 Å². The number of nitrogens with one attached hydrogen (secondary N) is 1. The third kappa shape index (κ3) is 3.87. The molecule has 138 valence electrons. The number of benzene rings is 1. The number of likely N-dealkylation sites (tertiary alicyclic amines) is 1. The third-order valence-electron chi connectivity index (χ3n) is 4.65. The number of aryl methyl sites for hydroxylation is 1. The van der Waals surface area contributed by atoms with E-state index in [1.165, 1.54) is 0 Å². The quantitative estimate of drug-likeness (QED) is 0.887. The van der Waals surface area contributed by atoms with Crippen LogP contribution >= 0.6 is 0 Å². The summed E-state index contributed by atoms with van der Waals surface area (Å²) in [4.78, 5) is 23.1. The Morgan fingerprint density at radius 2 is 1.88 bits per heavy atom. The Morgan fingerprint density at radius 1 is 1.15 bits per heavy atom. The summed E-state index contributed by atoms with van der Waals surface area (Å²) in [5, 5.41) is 3.37. The highest BCUT2D eigenvalue weighted by Crippen LogP contribution is 2.23. The molecule has 0 unspecified atom stereocenters. The fourth-order valence-corrected chi connectivity index (χ4v) is 3.17. The van der Waals surface area contributed by atoms with Crippen LogP contribution in [0.3, 0.4) is 0 Å². The predicted octanol–water partition coefficient (Wildman–Crippen LogP) is 2.52. The van der Waals surface area contributed by atoms with Gasteiger partial charge in [0.2, 0.25) is 0 Å². The molecule has 1 aromatic heterocycles. The smallest absolute Gasteiger partial charge is 0.257 e. The molecular weight excluding hydrogens is 332 g/mol. The van der Waals surface area contributed by atoms with Gasteiger partial charge in [0, 0.05) is 37.1 Å². The van der Waals surface area contributed by atoms with Crippen LogP contribution in [0.5, 0.6) is 11.6 Å². The lowest BCUT2D eigenvalue weighted by Crippen LogP contribution is -2.42. The predicted molar refractivity (Wildman–Crippen MR) is 98.9 cm³/mol. The fraction of sp³-hybridized carbons (Fsp3) is 0.421. The van der Waals surface area contributed by atoms with E-state index < -0.39 is 0 Å². The molecule has 1 N–H and O–H groups in total. The lowest BCUT2D eigenvalue weighted by molar-refractivity contribution is 0.0717. The Bertz CT molecular complexity index is 773. The second-order valence-corrected chi connectivity index (χ2v) is 6.31. The van der Waals surface area contributed by atoms with Crippen molar-refractivity contribution in [2.75, 3.05) is 32.6 Å². The molecule has 1 aliphatic rings. The minimum Gasteiger partial charge on any atom is -0.497 e.